The summed E-state index contributed by atoms with van der Waals surface area (Å²) in [5.41, 5.74) is 0. The molecular formula is C10H26GeSi. The molecule has 0 saturated carbocycles. The summed E-state index contributed by atoms with van der Waals surface area (Å²) in [7, 11) is -0.772. The Labute approximate surface area is 82.5 Å². The zero-order valence-corrected chi connectivity index (χ0v) is 12.9. The van der Waals surface area contributed by atoms with Crippen molar-refractivity contribution in [3.63, 3.8) is 0 Å². The van der Waals surface area contributed by atoms with Crippen LogP contribution >= 0.6 is 0 Å². The normalized spacial score (nSPS) is 13.5. The van der Waals surface area contributed by atoms with Crippen molar-refractivity contribution in [1.29, 1.82) is 0 Å². The van der Waals surface area contributed by atoms with Gasteiger partial charge in [-0.3, -0.25) is 0 Å². The van der Waals surface area contributed by atoms with Crippen LogP contribution in [0.5, 0.6) is 0 Å². The summed E-state index contributed by atoms with van der Waals surface area (Å²) in [4.78, 5) is 1.69. The van der Waals surface area contributed by atoms with Gasteiger partial charge in [0, 0.05) is 0 Å². The van der Waals surface area contributed by atoms with Crippen LogP contribution in [0, 0.1) is 0 Å². The minimum atomic E-state index is -1.30. The average molecular weight is 247 g/mol. The Morgan fingerprint density at radius 1 is 0.833 bits per heavy atom. The van der Waals surface area contributed by atoms with Gasteiger partial charge in [0.25, 0.3) is 0 Å². The summed E-state index contributed by atoms with van der Waals surface area (Å²) in [6.07, 6.45) is 0. The molecule has 0 fully saturated rings. The predicted octanol–water partition coefficient (Wildman–Crippen LogP) is 4.37. The van der Waals surface area contributed by atoms with Gasteiger partial charge in [0.1, 0.15) is 0 Å². The maximum absolute atomic E-state index is 2.54. The topological polar surface area (TPSA) is 0 Å². The molecule has 0 heterocycles. The van der Waals surface area contributed by atoms with E-state index < -0.39 is 21.3 Å². The summed E-state index contributed by atoms with van der Waals surface area (Å²) in [6.45, 7) is 14.9. The van der Waals surface area contributed by atoms with Gasteiger partial charge in [-0.15, -0.1) is 0 Å². The molecule has 0 nitrogen and oxygen atoms in total. The fraction of sp³-hybridized carbons (Fsp3) is 1.00. The standard InChI is InChI=1S/C10H26GeSi/c1-7-11(8-2,9-3)10-12(4,5)6/h7-10H2,1-6H3. The maximum atomic E-state index is 2.54. The second kappa shape index (κ2) is 4.85. The van der Waals surface area contributed by atoms with Crippen LogP contribution in [-0.2, 0) is 0 Å². The van der Waals surface area contributed by atoms with Crippen LogP contribution in [0.3, 0.4) is 0 Å². The van der Waals surface area contributed by atoms with Gasteiger partial charge < -0.3 is 0 Å². The Bertz CT molecular complexity index is 114. The molecule has 0 aromatic carbocycles. The van der Waals surface area contributed by atoms with Gasteiger partial charge in [0.15, 0.2) is 0 Å². The molecule has 0 saturated heterocycles. The third-order valence-corrected chi connectivity index (χ3v) is 25.8. The molecule has 0 spiro atoms. The van der Waals surface area contributed by atoms with Gasteiger partial charge in [0.2, 0.25) is 0 Å². The van der Waals surface area contributed by atoms with Gasteiger partial charge in [-0.25, -0.2) is 0 Å². The van der Waals surface area contributed by atoms with Crippen LogP contribution in [0.2, 0.25) is 40.3 Å². The van der Waals surface area contributed by atoms with Crippen molar-refractivity contribution in [3.8, 4) is 0 Å². The molecule has 0 radical (unpaired) electrons. The van der Waals surface area contributed by atoms with E-state index in [1.54, 1.807) is 20.6 Å². The molecule has 0 aliphatic rings. The van der Waals surface area contributed by atoms with Gasteiger partial charge >= 0.3 is 82.4 Å². The van der Waals surface area contributed by atoms with E-state index >= 15 is 0 Å². The van der Waals surface area contributed by atoms with Crippen LogP contribution in [-0.4, -0.2) is 21.3 Å². The van der Waals surface area contributed by atoms with Crippen LogP contribution < -0.4 is 0 Å². The van der Waals surface area contributed by atoms with E-state index in [2.05, 4.69) is 40.4 Å². The van der Waals surface area contributed by atoms with Crippen molar-refractivity contribution < 1.29 is 0 Å². The molecule has 0 unspecified atom stereocenters. The Balaban J connectivity index is 4.30. The monoisotopic (exact) mass is 248 g/mol. The third kappa shape index (κ3) is 4.13. The Kier molecular flexibility index (Phi) is 5.15. The molecule has 0 aliphatic heterocycles. The molecular weight excluding hydrogens is 221 g/mol. The first kappa shape index (κ1) is 12.8. The first-order valence-corrected chi connectivity index (χ1v) is 15.0. The number of rotatable bonds is 5. The summed E-state index contributed by atoms with van der Waals surface area (Å²) >= 11 is -1.30. The van der Waals surface area contributed by atoms with Crippen molar-refractivity contribution in [3.05, 3.63) is 0 Å². The fourth-order valence-electron chi connectivity index (χ4n) is 2.25. The first-order chi connectivity index (χ1) is 5.39. The van der Waals surface area contributed by atoms with Crippen molar-refractivity contribution >= 4 is 21.3 Å². The molecule has 2 heteroatoms. The van der Waals surface area contributed by atoms with E-state index in [0.717, 1.165) is 0 Å². The van der Waals surface area contributed by atoms with Crippen molar-refractivity contribution in [1.82, 2.24) is 0 Å². The zero-order chi connectivity index (χ0) is 9.83. The fourth-order valence-corrected chi connectivity index (χ4v) is 27.3. The van der Waals surface area contributed by atoms with E-state index in [0.29, 0.717) is 0 Å². The van der Waals surface area contributed by atoms with Gasteiger partial charge in [-0.2, -0.15) is 0 Å². The zero-order valence-electron chi connectivity index (χ0n) is 9.83. The molecule has 0 atom stereocenters. The summed E-state index contributed by atoms with van der Waals surface area (Å²) in [5, 5.41) is 4.66. The molecule has 74 valence electrons. The molecule has 0 rings (SSSR count). The van der Waals surface area contributed by atoms with Crippen LogP contribution in [0.4, 0.5) is 0 Å². The summed E-state index contributed by atoms with van der Waals surface area (Å²) < 4.78 is 0. The molecule has 12 heavy (non-hydrogen) atoms. The van der Waals surface area contributed by atoms with Crippen molar-refractivity contribution in [2.75, 3.05) is 0 Å². The molecule has 0 amide bonds. The van der Waals surface area contributed by atoms with Gasteiger partial charge in [-0.05, 0) is 0 Å². The molecule has 0 aromatic rings. The quantitative estimate of drug-likeness (QED) is 0.632. The Morgan fingerprint density at radius 3 is 1.25 bits per heavy atom. The van der Waals surface area contributed by atoms with Crippen molar-refractivity contribution in [2.45, 2.75) is 61.0 Å². The SMILES string of the molecule is C[CH2][Ge]([CH2]C)([CH2]C)[CH2][Si](C)(C)C. The second-order valence-corrected chi connectivity index (χ2v) is 23.7. The Hall–Kier alpha value is 0.760. The summed E-state index contributed by atoms with van der Waals surface area (Å²) in [5.74, 6) is 0. The third-order valence-electron chi connectivity index (χ3n) is 3.16. The van der Waals surface area contributed by atoms with Gasteiger partial charge in [0.05, 0.1) is 0 Å². The van der Waals surface area contributed by atoms with Crippen molar-refractivity contribution in [2.24, 2.45) is 0 Å². The van der Waals surface area contributed by atoms with E-state index in [9.17, 15) is 0 Å². The van der Waals surface area contributed by atoms with Crippen LogP contribution in [0.15, 0.2) is 0 Å². The summed E-state index contributed by atoms with van der Waals surface area (Å²) in [6, 6.07) is 0. The second-order valence-electron chi connectivity index (χ2n) is 5.30. The van der Waals surface area contributed by atoms with E-state index in [1.807, 2.05) is 0 Å². The molecule has 0 aromatic heterocycles. The minimum absolute atomic E-state index is 0.772. The molecule has 0 bridgehead atoms. The van der Waals surface area contributed by atoms with E-state index in [-0.39, 0.29) is 0 Å². The Morgan fingerprint density at radius 2 is 1.17 bits per heavy atom. The van der Waals surface area contributed by atoms with Crippen LogP contribution in [0.25, 0.3) is 0 Å². The first-order valence-electron chi connectivity index (χ1n) is 5.39. The molecule has 0 aliphatic carbocycles. The number of hydrogen-bond donors (Lipinski definition) is 0. The van der Waals surface area contributed by atoms with E-state index in [1.165, 1.54) is 0 Å². The molecule has 0 N–H and O–H groups in total. The van der Waals surface area contributed by atoms with E-state index in [4.69, 9.17) is 0 Å². The number of hydrogen-bond acceptors (Lipinski definition) is 0. The average Bonchev–Trinajstić information content (AvgIpc) is 1.99. The predicted molar refractivity (Wildman–Crippen MR) is 65.4 cm³/mol. The van der Waals surface area contributed by atoms with Crippen LogP contribution in [0.1, 0.15) is 20.8 Å². The van der Waals surface area contributed by atoms with Gasteiger partial charge in [-0.1, -0.05) is 0 Å².